The Balaban J connectivity index is 2.46. The number of carbonyl (C=O) groups excluding carboxylic acids is 1. The molecule has 0 spiro atoms. The molecule has 0 bridgehead atoms. The van der Waals surface area contributed by atoms with Crippen LogP contribution in [-0.4, -0.2) is 20.8 Å². The second-order valence-corrected chi connectivity index (χ2v) is 6.39. The zero-order valence-corrected chi connectivity index (χ0v) is 6.72. The summed E-state index contributed by atoms with van der Waals surface area (Å²) in [4.78, 5) is 10.4. The molecule has 1 fully saturated rings. The van der Waals surface area contributed by atoms with Crippen molar-refractivity contribution in [3.8, 4) is 0 Å². The molecule has 0 aromatic rings. The third-order valence-corrected chi connectivity index (χ3v) is 4.46. The van der Waals surface area contributed by atoms with Gasteiger partial charge in [0.15, 0.2) is 0 Å². The summed E-state index contributed by atoms with van der Waals surface area (Å²) in [5.41, 5.74) is 0. The van der Waals surface area contributed by atoms with Crippen LogP contribution >= 0.6 is 0 Å². The van der Waals surface area contributed by atoms with Crippen molar-refractivity contribution >= 4 is 14.2 Å². The smallest absolute Gasteiger partial charge is 0.257 e. The monoisotopic (exact) mass is 144 g/mol. The highest BCUT2D eigenvalue weighted by molar-refractivity contribution is 6.95. The van der Waals surface area contributed by atoms with Crippen LogP contribution in [0.15, 0.2) is 0 Å². The Morgan fingerprint density at radius 2 is 2.33 bits per heavy atom. The van der Waals surface area contributed by atoms with Crippen LogP contribution in [-0.2, 0) is 9.22 Å². The maximum atomic E-state index is 10.4. The van der Waals surface area contributed by atoms with Crippen LogP contribution in [0.25, 0.3) is 0 Å². The Hall–Kier alpha value is -0.153. The van der Waals surface area contributed by atoms with Crippen molar-refractivity contribution in [2.24, 2.45) is 0 Å². The summed E-state index contributed by atoms with van der Waals surface area (Å²) in [5, 5.41) is 0. The predicted molar refractivity (Wildman–Crippen MR) is 38.4 cm³/mol. The van der Waals surface area contributed by atoms with Crippen molar-refractivity contribution in [1.29, 1.82) is 0 Å². The Kier molecular flexibility index (Phi) is 2.03. The highest BCUT2D eigenvalue weighted by Crippen LogP contribution is 2.18. The maximum absolute atomic E-state index is 10.4. The van der Waals surface area contributed by atoms with E-state index in [9.17, 15) is 4.79 Å². The lowest BCUT2D eigenvalue weighted by Crippen LogP contribution is -2.39. The van der Waals surface area contributed by atoms with E-state index in [4.69, 9.17) is 4.43 Å². The first kappa shape index (κ1) is 6.96. The van der Waals surface area contributed by atoms with Gasteiger partial charge in [-0.15, -0.1) is 0 Å². The zero-order chi connectivity index (χ0) is 6.74. The second-order valence-electron chi connectivity index (χ2n) is 2.74. The Bertz CT molecular complexity index is 108. The van der Waals surface area contributed by atoms with Crippen molar-refractivity contribution in [3.05, 3.63) is 0 Å². The van der Waals surface area contributed by atoms with Gasteiger partial charge in [0.2, 0.25) is 0 Å². The lowest BCUT2D eigenvalue weighted by atomic mass is 10.4. The average Bonchev–Trinajstić information content (AvgIpc) is 1.90. The minimum Gasteiger partial charge on any atom is -0.410 e. The van der Waals surface area contributed by atoms with Crippen molar-refractivity contribution in [1.82, 2.24) is 0 Å². The molecule has 0 aromatic heterocycles. The highest BCUT2D eigenvalue weighted by atomic mass is 28.4. The molecule has 1 atom stereocenters. The molecule has 1 aliphatic rings. The molecule has 1 aliphatic heterocycles. The van der Waals surface area contributed by atoms with E-state index >= 15 is 0 Å². The van der Waals surface area contributed by atoms with Gasteiger partial charge >= 0.3 is 0 Å². The summed E-state index contributed by atoms with van der Waals surface area (Å²) in [6, 6.07) is 1.02. The molecule has 1 saturated heterocycles. The van der Waals surface area contributed by atoms with Gasteiger partial charge in [0.1, 0.15) is 5.91 Å². The third kappa shape index (κ3) is 1.63. The van der Waals surface area contributed by atoms with Crippen LogP contribution in [0.5, 0.6) is 0 Å². The normalized spacial score (nSPS) is 36.1. The molecule has 2 nitrogen and oxygen atoms in total. The van der Waals surface area contributed by atoms with Gasteiger partial charge in [0.25, 0.3) is 8.32 Å². The van der Waals surface area contributed by atoms with E-state index in [-0.39, 0.29) is 0 Å². The van der Waals surface area contributed by atoms with E-state index in [2.05, 4.69) is 0 Å². The van der Waals surface area contributed by atoms with Crippen molar-refractivity contribution < 1.29 is 9.22 Å². The van der Waals surface area contributed by atoms with Gasteiger partial charge in [-0.1, -0.05) is 6.42 Å². The molecule has 1 unspecified atom stereocenters. The first-order chi connectivity index (χ1) is 4.27. The van der Waals surface area contributed by atoms with E-state index in [0.717, 1.165) is 25.0 Å². The average molecular weight is 144 g/mol. The lowest BCUT2D eigenvalue weighted by Gasteiger charge is -2.25. The largest absolute Gasteiger partial charge is 0.410 e. The van der Waals surface area contributed by atoms with Crippen LogP contribution in [0.4, 0.5) is 0 Å². The minimum atomic E-state index is -1.79. The molecule has 0 N–H and O–H groups in total. The predicted octanol–water partition coefficient (Wildman–Crippen LogP) is 1.14. The first-order valence-corrected chi connectivity index (χ1v) is 6.06. The minimum absolute atomic E-state index is 0.807. The third-order valence-electron chi connectivity index (χ3n) is 1.75. The number of carbonyl (C=O) groups is 1. The standard InChI is InChI=1S/C6H12O2Si/c1-9(6-7)5-3-2-4-8-9/h6H,2-5H2,1H3. The molecule has 9 heavy (non-hydrogen) atoms. The summed E-state index contributed by atoms with van der Waals surface area (Å²) in [7, 11) is -1.79. The van der Waals surface area contributed by atoms with Crippen LogP contribution in [0.1, 0.15) is 12.8 Å². The molecule has 0 aromatic carbocycles. The summed E-state index contributed by atoms with van der Waals surface area (Å²) in [6.07, 6.45) is 2.32. The second kappa shape index (κ2) is 2.62. The fourth-order valence-electron chi connectivity index (χ4n) is 1.05. The Labute approximate surface area is 56.3 Å². The van der Waals surface area contributed by atoms with E-state index in [1.807, 2.05) is 6.55 Å². The molecule has 0 amide bonds. The van der Waals surface area contributed by atoms with Crippen LogP contribution in [0, 0.1) is 0 Å². The molecule has 0 aliphatic carbocycles. The van der Waals surface area contributed by atoms with Crippen LogP contribution < -0.4 is 0 Å². The fourth-order valence-corrected chi connectivity index (χ4v) is 2.94. The van der Waals surface area contributed by atoms with Crippen molar-refractivity contribution in [2.45, 2.75) is 25.4 Å². The van der Waals surface area contributed by atoms with E-state index in [1.54, 1.807) is 0 Å². The van der Waals surface area contributed by atoms with E-state index in [1.165, 1.54) is 6.42 Å². The van der Waals surface area contributed by atoms with Crippen molar-refractivity contribution in [2.75, 3.05) is 6.61 Å². The number of rotatable bonds is 1. The van der Waals surface area contributed by atoms with Gasteiger partial charge in [0.05, 0.1) is 0 Å². The van der Waals surface area contributed by atoms with Gasteiger partial charge in [-0.05, 0) is 19.0 Å². The Morgan fingerprint density at radius 1 is 1.56 bits per heavy atom. The van der Waals surface area contributed by atoms with E-state index < -0.39 is 8.32 Å². The lowest BCUT2D eigenvalue weighted by molar-refractivity contribution is 0.280. The number of hydrogen-bond acceptors (Lipinski definition) is 2. The zero-order valence-electron chi connectivity index (χ0n) is 5.72. The SMILES string of the molecule is C[Si]1(C=O)CCCCO1. The topological polar surface area (TPSA) is 26.3 Å². The molecule has 1 heterocycles. The summed E-state index contributed by atoms with van der Waals surface area (Å²) in [6.45, 7) is 2.79. The van der Waals surface area contributed by atoms with Gasteiger partial charge in [0, 0.05) is 6.61 Å². The van der Waals surface area contributed by atoms with Gasteiger partial charge in [-0.3, -0.25) is 0 Å². The molecule has 52 valence electrons. The molecule has 0 saturated carbocycles. The van der Waals surface area contributed by atoms with E-state index in [0.29, 0.717) is 0 Å². The first-order valence-electron chi connectivity index (χ1n) is 3.37. The molecule has 1 rings (SSSR count). The highest BCUT2D eigenvalue weighted by Gasteiger charge is 2.30. The quantitative estimate of drug-likeness (QED) is 0.407. The molecule has 3 heteroatoms. The maximum Gasteiger partial charge on any atom is 0.257 e. The summed E-state index contributed by atoms with van der Waals surface area (Å²) >= 11 is 0. The number of hydrogen-bond donors (Lipinski definition) is 0. The molecule has 0 radical (unpaired) electrons. The van der Waals surface area contributed by atoms with Gasteiger partial charge in [-0.25, -0.2) is 0 Å². The van der Waals surface area contributed by atoms with Crippen molar-refractivity contribution in [3.63, 3.8) is 0 Å². The van der Waals surface area contributed by atoms with Gasteiger partial charge < -0.3 is 9.22 Å². The molecular formula is C6H12O2Si. The van der Waals surface area contributed by atoms with Gasteiger partial charge in [-0.2, -0.15) is 0 Å². The Morgan fingerprint density at radius 3 is 2.67 bits per heavy atom. The molecular weight excluding hydrogens is 132 g/mol. The van der Waals surface area contributed by atoms with Crippen LogP contribution in [0.3, 0.4) is 0 Å². The summed E-state index contributed by atoms with van der Waals surface area (Å²) in [5.74, 6) is 1.05. The van der Waals surface area contributed by atoms with Crippen LogP contribution in [0.2, 0.25) is 12.6 Å². The fraction of sp³-hybridized carbons (Fsp3) is 0.833. The summed E-state index contributed by atoms with van der Waals surface area (Å²) < 4.78 is 5.39.